The molecule has 0 atom stereocenters. The van der Waals surface area contributed by atoms with Crippen molar-refractivity contribution in [1.29, 1.82) is 0 Å². The Labute approximate surface area is 139 Å². The number of hydrogen-bond donors (Lipinski definition) is 3. The zero-order chi connectivity index (χ0) is 16.9. The van der Waals surface area contributed by atoms with E-state index >= 15 is 0 Å². The zero-order valence-electron chi connectivity index (χ0n) is 13.4. The summed E-state index contributed by atoms with van der Waals surface area (Å²) in [4.78, 5) is 12.7. The van der Waals surface area contributed by atoms with Crippen LogP contribution >= 0.6 is 0 Å². The second kappa shape index (κ2) is 6.82. The van der Waals surface area contributed by atoms with Gasteiger partial charge < -0.3 is 21.1 Å². The Balaban J connectivity index is 1.83. The lowest BCUT2D eigenvalue weighted by atomic mass is 10.3. The Hall–Kier alpha value is -3.35. The van der Waals surface area contributed by atoms with Crippen molar-refractivity contribution in [1.82, 2.24) is 15.0 Å². The van der Waals surface area contributed by atoms with Crippen molar-refractivity contribution in [2.75, 3.05) is 23.5 Å². The fraction of sp³-hybridized carbons (Fsp3) is 0.118. The maximum absolute atomic E-state index is 6.17. The minimum Gasteiger partial charge on any atom is -0.497 e. The van der Waals surface area contributed by atoms with Gasteiger partial charge in [0.15, 0.2) is 11.6 Å². The van der Waals surface area contributed by atoms with Crippen molar-refractivity contribution in [3.63, 3.8) is 0 Å². The molecule has 0 saturated carbocycles. The van der Waals surface area contributed by atoms with Gasteiger partial charge in [-0.3, -0.25) is 0 Å². The van der Waals surface area contributed by atoms with Gasteiger partial charge in [0.1, 0.15) is 23.6 Å². The van der Waals surface area contributed by atoms with Gasteiger partial charge in [0.05, 0.1) is 7.11 Å². The third-order valence-electron chi connectivity index (χ3n) is 3.37. The number of rotatable bonds is 5. The topological polar surface area (TPSA) is 98.0 Å². The van der Waals surface area contributed by atoms with Gasteiger partial charge in [0.25, 0.3) is 0 Å². The number of anilines is 5. The first-order valence-corrected chi connectivity index (χ1v) is 7.37. The van der Waals surface area contributed by atoms with E-state index in [1.54, 1.807) is 13.3 Å². The summed E-state index contributed by atoms with van der Waals surface area (Å²) < 4.78 is 5.21. The summed E-state index contributed by atoms with van der Waals surface area (Å²) in [6.45, 7) is 1.98. The van der Waals surface area contributed by atoms with E-state index in [9.17, 15) is 0 Å². The number of nitrogen functional groups attached to an aromatic ring is 1. The molecule has 0 bridgehead atoms. The van der Waals surface area contributed by atoms with Gasteiger partial charge in [0.2, 0.25) is 0 Å². The van der Waals surface area contributed by atoms with E-state index in [0.29, 0.717) is 23.1 Å². The first-order chi connectivity index (χ1) is 11.7. The van der Waals surface area contributed by atoms with Crippen molar-refractivity contribution >= 4 is 28.8 Å². The largest absolute Gasteiger partial charge is 0.497 e. The molecule has 0 saturated heterocycles. The van der Waals surface area contributed by atoms with Crippen LogP contribution in [0.3, 0.4) is 0 Å². The van der Waals surface area contributed by atoms with Crippen molar-refractivity contribution in [2.24, 2.45) is 0 Å². The summed E-state index contributed by atoms with van der Waals surface area (Å²) in [5.74, 6) is 2.41. The van der Waals surface area contributed by atoms with Gasteiger partial charge in [-0.25, -0.2) is 15.0 Å². The minimum atomic E-state index is 0.405. The summed E-state index contributed by atoms with van der Waals surface area (Å²) in [5.41, 5.74) is 8.47. The smallest absolute Gasteiger partial charge is 0.160 e. The van der Waals surface area contributed by atoms with Crippen LogP contribution in [-0.4, -0.2) is 22.1 Å². The quantitative estimate of drug-likeness (QED) is 0.663. The van der Waals surface area contributed by atoms with Gasteiger partial charge in [-0.1, -0.05) is 12.1 Å². The van der Waals surface area contributed by atoms with Crippen LogP contribution < -0.4 is 21.1 Å². The molecule has 0 aliphatic heterocycles. The minimum absolute atomic E-state index is 0.405. The molecule has 0 spiro atoms. The molecule has 0 aliphatic rings. The third kappa shape index (κ3) is 3.52. The number of hydrogen-bond acceptors (Lipinski definition) is 7. The molecule has 1 aromatic carbocycles. The summed E-state index contributed by atoms with van der Waals surface area (Å²) >= 11 is 0. The summed E-state index contributed by atoms with van der Waals surface area (Å²) in [6, 6.07) is 11.3. The predicted molar refractivity (Wildman–Crippen MR) is 95.0 cm³/mol. The lowest BCUT2D eigenvalue weighted by molar-refractivity contribution is 0.415. The van der Waals surface area contributed by atoms with Crippen molar-refractivity contribution < 1.29 is 4.74 Å². The molecule has 2 heterocycles. The van der Waals surface area contributed by atoms with Gasteiger partial charge in [-0.15, -0.1) is 0 Å². The number of nitrogens with one attached hydrogen (secondary N) is 2. The van der Waals surface area contributed by atoms with E-state index < -0.39 is 0 Å². The van der Waals surface area contributed by atoms with Crippen LogP contribution in [0.4, 0.5) is 28.8 Å². The molecule has 122 valence electrons. The SMILES string of the molecule is COc1cccc(Nc2ncnc(Nc3ccc(C)cn3)c2N)c1. The van der Waals surface area contributed by atoms with E-state index in [-0.39, 0.29) is 0 Å². The number of aromatic nitrogens is 3. The average Bonchev–Trinajstić information content (AvgIpc) is 2.60. The van der Waals surface area contributed by atoms with Crippen molar-refractivity contribution in [3.8, 4) is 5.75 Å². The second-order valence-corrected chi connectivity index (χ2v) is 5.19. The number of aryl methyl sites for hydroxylation is 1. The fourth-order valence-corrected chi connectivity index (χ4v) is 2.10. The molecule has 0 unspecified atom stereocenters. The van der Waals surface area contributed by atoms with Crippen LogP contribution in [0.25, 0.3) is 0 Å². The maximum atomic E-state index is 6.17. The molecular weight excluding hydrogens is 304 g/mol. The summed E-state index contributed by atoms with van der Waals surface area (Å²) in [6.07, 6.45) is 3.21. The molecule has 0 amide bonds. The van der Waals surface area contributed by atoms with Crippen molar-refractivity contribution in [2.45, 2.75) is 6.92 Å². The molecule has 7 nitrogen and oxygen atoms in total. The van der Waals surface area contributed by atoms with Crippen LogP contribution in [0.1, 0.15) is 5.56 Å². The van der Waals surface area contributed by atoms with E-state index in [1.807, 2.05) is 43.3 Å². The molecule has 0 radical (unpaired) electrons. The lowest BCUT2D eigenvalue weighted by Gasteiger charge is -2.12. The second-order valence-electron chi connectivity index (χ2n) is 5.19. The number of nitrogens with zero attached hydrogens (tertiary/aromatic N) is 3. The van der Waals surface area contributed by atoms with Gasteiger partial charge in [-0.05, 0) is 30.7 Å². The van der Waals surface area contributed by atoms with E-state index in [2.05, 4.69) is 25.6 Å². The summed E-state index contributed by atoms with van der Waals surface area (Å²) in [5, 5.41) is 6.26. The molecule has 0 aliphatic carbocycles. The Kier molecular flexibility index (Phi) is 4.42. The Morgan fingerprint density at radius 2 is 1.79 bits per heavy atom. The average molecular weight is 322 g/mol. The van der Waals surface area contributed by atoms with Crippen LogP contribution in [0, 0.1) is 6.92 Å². The highest BCUT2D eigenvalue weighted by Crippen LogP contribution is 2.28. The van der Waals surface area contributed by atoms with Crippen LogP contribution in [0.2, 0.25) is 0 Å². The third-order valence-corrected chi connectivity index (χ3v) is 3.37. The Morgan fingerprint density at radius 3 is 2.50 bits per heavy atom. The van der Waals surface area contributed by atoms with E-state index in [1.165, 1.54) is 6.33 Å². The molecule has 24 heavy (non-hydrogen) atoms. The lowest BCUT2D eigenvalue weighted by Crippen LogP contribution is -2.05. The van der Waals surface area contributed by atoms with Gasteiger partial charge in [0, 0.05) is 18.0 Å². The first-order valence-electron chi connectivity index (χ1n) is 7.37. The molecule has 3 rings (SSSR count). The molecule has 0 fully saturated rings. The number of nitrogens with two attached hydrogens (primary N) is 1. The highest BCUT2D eigenvalue weighted by Gasteiger charge is 2.09. The predicted octanol–water partition coefficient (Wildman–Crippen LogP) is 3.26. The van der Waals surface area contributed by atoms with Crippen LogP contribution in [0.15, 0.2) is 48.9 Å². The fourth-order valence-electron chi connectivity index (χ4n) is 2.10. The van der Waals surface area contributed by atoms with Crippen LogP contribution in [-0.2, 0) is 0 Å². The van der Waals surface area contributed by atoms with Crippen LogP contribution in [0.5, 0.6) is 5.75 Å². The standard InChI is InChI=1S/C17H18N6O/c1-11-6-7-14(19-9-11)23-17-15(18)16(20-10-21-17)22-12-4-3-5-13(8-12)24-2/h3-10H,18H2,1-2H3,(H2,19,20,21,22,23). The number of benzene rings is 1. The molecule has 7 heteroatoms. The first kappa shape index (κ1) is 15.5. The normalized spacial score (nSPS) is 10.2. The van der Waals surface area contributed by atoms with Crippen molar-refractivity contribution in [3.05, 3.63) is 54.5 Å². The molecule has 3 aromatic rings. The van der Waals surface area contributed by atoms with E-state index in [4.69, 9.17) is 10.5 Å². The monoisotopic (exact) mass is 322 g/mol. The van der Waals surface area contributed by atoms with Gasteiger partial charge >= 0.3 is 0 Å². The number of pyridine rings is 1. The Morgan fingerprint density at radius 1 is 1.00 bits per heavy atom. The highest BCUT2D eigenvalue weighted by atomic mass is 16.5. The maximum Gasteiger partial charge on any atom is 0.160 e. The molecular formula is C17H18N6O. The Bertz CT molecular complexity index is 835. The number of ether oxygens (including phenoxy) is 1. The number of methoxy groups -OCH3 is 1. The molecule has 2 aromatic heterocycles. The highest BCUT2D eigenvalue weighted by molar-refractivity contribution is 5.79. The molecule has 4 N–H and O–H groups in total. The summed E-state index contributed by atoms with van der Waals surface area (Å²) in [7, 11) is 1.62. The van der Waals surface area contributed by atoms with Gasteiger partial charge in [-0.2, -0.15) is 0 Å². The zero-order valence-corrected chi connectivity index (χ0v) is 13.4. The van der Waals surface area contributed by atoms with E-state index in [0.717, 1.165) is 17.0 Å².